The van der Waals surface area contributed by atoms with Gasteiger partial charge in [0.25, 0.3) is 0 Å². The fraction of sp³-hybridized carbons (Fsp3) is 0.0909. The van der Waals surface area contributed by atoms with Gasteiger partial charge in [0.1, 0.15) is 11.2 Å². The molecule has 1 heteroatoms. The number of hydrogen-bond acceptors (Lipinski definition) is 1. The van der Waals surface area contributed by atoms with E-state index in [4.69, 9.17) is 4.42 Å². The van der Waals surface area contributed by atoms with E-state index in [9.17, 15) is 0 Å². The lowest BCUT2D eigenvalue weighted by atomic mass is 10.0. The first-order valence-electron chi connectivity index (χ1n) is 7.92. The summed E-state index contributed by atoms with van der Waals surface area (Å²) >= 11 is 0. The lowest BCUT2D eigenvalue weighted by Gasteiger charge is -2.01. The molecular weight excluding hydrogens is 280 g/mol. The van der Waals surface area contributed by atoms with E-state index < -0.39 is 0 Å². The van der Waals surface area contributed by atoms with Gasteiger partial charge in [0.05, 0.1) is 0 Å². The summed E-state index contributed by atoms with van der Waals surface area (Å²) in [5, 5.41) is 2.32. The molecule has 1 heterocycles. The minimum Gasteiger partial charge on any atom is -0.456 e. The SMILES string of the molecule is C=C/C(=C\C)c1ccc2c(c1)oc1cc(C3=CCC=C3)ccc12. The van der Waals surface area contributed by atoms with Crippen LogP contribution in [0.25, 0.3) is 33.1 Å². The molecule has 0 atom stereocenters. The van der Waals surface area contributed by atoms with Crippen molar-refractivity contribution in [2.24, 2.45) is 0 Å². The van der Waals surface area contributed by atoms with Crippen molar-refractivity contribution < 1.29 is 4.42 Å². The monoisotopic (exact) mass is 298 g/mol. The van der Waals surface area contributed by atoms with Gasteiger partial charge in [-0.3, -0.25) is 0 Å². The Morgan fingerprint density at radius 3 is 2.57 bits per heavy atom. The molecule has 0 aliphatic heterocycles. The quantitative estimate of drug-likeness (QED) is 0.502. The Balaban J connectivity index is 1.89. The molecule has 0 fully saturated rings. The number of fused-ring (bicyclic) bond motifs is 3. The van der Waals surface area contributed by atoms with Crippen molar-refractivity contribution in [2.75, 3.05) is 0 Å². The molecule has 1 aliphatic carbocycles. The highest BCUT2D eigenvalue weighted by molar-refractivity contribution is 6.06. The molecule has 0 amide bonds. The third-order valence-electron chi connectivity index (χ3n) is 4.44. The molecule has 0 spiro atoms. The molecule has 0 saturated heterocycles. The Kier molecular flexibility index (Phi) is 3.27. The molecule has 2 aromatic carbocycles. The van der Waals surface area contributed by atoms with E-state index in [0.29, 0.717) is 0 Å². The standard InChI is InChI=1S/C22H18O/c1-3-15(4-2)17-9-11-19-20-12-10-18(16-7-5-6-8-16)14-22(20)23-21(19)13-17/h3-5,7-14H,1,6H2,2H3/b15-4+. The first-order chi connectivity index (χ1) is 11.3. The van der Waals surface area contributed by atoms with Crippen LogP contribution in [0.3, 0.4) is 0 Å². The summed E-state index contributed by atoms with van der Waals surface area (Å²) in [6.07, 6.45) is 11.5. The Labute approximate surface area is 135 Å². The van der Waals surface area contributed by atoms with Gasteiger partial charge in [0.15, 0.2) is 0 Å². The second-order valence-electron chi connectivity index (χ2n) is 5.77. The van der Waals surface area contributed by atoms with Gasteiger partial charge >= 0.3 is 0 Å². The van der Waals surface area contributed by atoms with Gasteiger partial charge < -0.3 is 4.42 Å². The van der Waals surface area contributed by atoms with Crippen LogP contribution in [0.15, 0.2) is 77.8 Å². The van der Waals surface area contributed by atoms with Gasteiger partial charge in [-0.15, -0.1) is 0 Å². The van der Waals surface area contributed by atoms with Crippen molar-refractivity contribution in [3.8, 4) is 0 Å². The van der Waals surface area contributed by atoms with E-state index >= 15 is 0 Å². The Bertz CT molecular complexity index is 947. The molecule has 23 heavy (non-hydrogen) atoms. The molecule has 0 unspecified atom stereocenters. The minimum atomic E-state index is 0.923. The molecule has 1 aliphatic rings. The second-order valence-corrected chi connectivity index (χ2v) is 5.77. The summed E-state index contributed by atoms with van der Waals surface area (Å²) in [7, 11) is 0. The van der Waals surface area contributed by atoms with Crippen molar-refractivity contribution in [1.82, 2.24) is 0 Å². The van der Waals surface area contributed by atoms with Crippen LogP contribution < -0.4 is 0 Å². The fourth-order valence-corrected chi connectivity index (χ4v) is 3.21. The molecule has 0 N–H and O–H groups in total. The molecule has 3 aromatic rings. The lowest BCUT2D eigenvalue weighted by molar-refractivity contribution is 0.668. The van der Waals surface area contributed by atoms with E-state index in [1.807, 2.05) is 13.0 Å². The lowest BCUT2D eigenvalue weighted by Crippen LogP contribution is -1.79. The second kappa shape index (κ2) is 5.44. The Hall–Kier alpha value is -2.80. The smallest absolute Gasteiger partial charge is 0.136 e. The maximum Gasteiger partial charge on any atom is 0.136 e. The number of allylic oxidation sites excluding steroid dienone is 7. The summed E-state index contributed by atoms with van der Waals surface area (Å²) in [4.78, 5) is 0. The first kappa shape index (κ1) is 13.8. The first-order valence-corrected chi connectivity index (χ1v) is 7.92. The van der Waals surface area contributed by atoms with Gasteiger partial charge in [0.2, 0.25) is 0 Å². The minimum absolute atomic E-state index is 0.923. The number of hydrogen-bond donors (Lipinski definition) is 0. The topological polar surface area (TPSA) is 13.1 Å². The fourth-order valence-electron chi connectivity index (χ4n) is 3.21. The highest BCUT2D eigenvalue weighted by atomic mass is 16.3. The van der Waals surface area contributed by atoms with Gasteiger partial charge in [-0.05, 0) is 59.9 Å². The van der Waals surface area contributed by atoms with Gasteiger partial charge in [0, 0.05) is 10.8 Å². The van der Waals surface area contributed by atoms with Crippen LogP contribution in [0.2, 0.25) is 0 Å². The Morgan fingerprint density at radius 2 is 1.87 bits per heavy atom. The van der Waals surface area contributed by atoms with E-state index in [0.717, 1.165) is 34.1 Å². The van der Waals surface area contributed by atoms with Crippen molar-refractivity contribution in [1.29, 1.82) is 0 Å². The maximum atomic E-state index is 6.12. The molecule has 1 nitrogen and oxygen atoms in total. The average Bonchev–Trinajstić information content (AvgIpc) is 3.22. The molecule has 0 bridgehead atoms. The summed E-state index contributed by atoms with van der Waals surface area (Å²) in [5.74, 6) is 0. The predicted octanol–water partition coefficient (Wildman–Crippen LogP) is 6.52. The summed E-state index contributed by atoms with van der Waals surface area (Å²) in [5.41, 5.74) is 6.61. The highest BCUT2D eigenvalue weighted by Gasteiger charge is 2.10. The van der Waals surface area contributed by atoms with Crippen LogP contribution in [-0.2, 0) is 0 Å². The zero-order valence-corrected chi connectivity index (χ0v) is 13.2. The normalized spacial score (nSPS) is 14.7. The van der Waals surface area contributed by atoms with Gasteiger partial charge in [-0.25, -0.2) is 0 Å². The largest absolute Gasteiger partial charge is 0.456 e. The van der Waals surface area contributed by atoms with Gasteiger partial charge in [-0.2, -0.15) is 0 Å². The molecule has 112 valence electrons. The molecule has 0 saturated carbocycles. The highest BCUT2D eigenvalue weighted by Crippen LogP contribution is 2.33. The zero-order chi connectivity index (χ0) is 15.8. The number of furan rings is 1. The van der Waals surface area contributed by atoms with Crippen molar-refractivity contribution in [2.45, 2.75) is 13.3 Å². The van der Waals surface area contributed by atoms with Crippen molar-refractivity contribution in [3.63, 3.8) is 0 Å². The average molecular weight is 298 g/mol. The van der Waals surface area contributed by atoms with E-state index in [-0.39, 0.29) is 0 Å². The van der Waals surface area contributed by atoms with Crippen LogP contribution >= 0.6 is 0 Å². The van der Waals surface area contributed by atoms with Crippen molar-refractivity contribution >= 4 is 33.1 Å². The summed E-state index contributed by atoms with van der Waals surface area (Å²) < 4.78 is 6.12. The predicted molar refractivity (Wildman–Crippen MR) is 99.3 cm³/mol. The molecule has 0 radical (unpaired) electrons. The Morgan fingerprint density at radius 1 is 1.09 bits per heavy atom. The molecule has 1 aromatic heterocycles. The van der Waals surface area contributed by atoms with Gasteiger partial charge in [-0.1, -0.05) is 49.1 Å². The maximum absolute atomic E-state index is 6.12. The van der Waals surface area contributed by atoms with E-state index in [1.54, 1.807) is 0 Å². The van der Waals surface area contributed by atoms with Crippen LogP contribution in [0.5, 0.6) is 0 Å². The summed E-state index contributed by atoms with van der Waals surface area (Å²) in [6, 6.07) is 12.8. The summed E-state index contributed by atoms with van der Waals surface area (Å²) in [6.45, 7) is 5.90. The zero-order valence-electron chi connectivity index (χ0n) is 13.2. The van der Waals surface area contributed by atoms with Crippen LogP contribution in [0.1, 0.15) is 24.5 Å². The van der Waals surface area contributed by atoms with E-state index in [2.05, 4.69) is 67.3 Å². The number of benzene rings is 2. The van der Waals surface area contributed by atoms with Crippen LogP contribution in [0.4, 0.5) is 0 Å². The molecule has 4 rings (SSSR count). The number of rotatable bonds is 3. The third kappa shape index (κ3) is 2.25. The van der Waals surface area contributed by atoms with Crippen LogP contribution in [-0.4, -0.2) is 0 Å². The molecular formula is C22H18O. The van der Waals surface area contributed by atoms with Crippen molar-refractivity contribution in [3.05, 3.63) is 84.5 Å². The van der Waals surface area contributed by atoms with Crippen LogP contribution in [0, 0.1) is 0 Å². The van der Waals surface area contributed by atoms with E-state index in [1.165, 1.54) is 16.5 Å². The third-order valence-corrected chi connectivity index (χ3v) is 4.44.